The molecule has 2 aliphatic heterocycles. The van der Waals surface area contributed by atoms with Crippen LogP contribution in [0.5, 0.6) is 0 Å². The summed E-state index contributed by atoms with van der Waals surface area (Å²) in [6.07, 6.45) is 5.81. The number of hydrogen-bond acceptors (Lipinski definition) is 6. The Morgan fingerprint density at radius 3 is 2.58 bits per heavy atom. The fourth-order valence-corrected chi connectivity index (χ4v) is 6.43. The van der Waals surface area contributed by atoms with Crippen LogP contribution in [0.2, 0.25) is 0 Å². The van der Waals surface area contributed by atoms with Crippen LogP contribution in [0.25, 0.3) is 0 Å². The lowest BCUT2D eigenvalue weighted by Gasteiger charge is -2.44. The number of rotatable bonds is 6. The zero-order valence-electron chi connectivity index (χ0n) is 18.1. The standard InChI is InChI=1S/C23H31N3O4S/c1-23(2)18(22(29)30-13-14-9-5-3-6-10-14)26-20(28)17(21(26)31-23)25-19(27)16(24)15-11-7-4-8-12-15/h4,7-8,11-12,14,16-18,21H,3,5-6,9-10,13,24H2,1-2H3,(H,25,27)/t16?,17-,18+,21-/m1/s1. The highest BCUT2D eigenvalue weighted by Crippen LogP contribution is 2.51. The average Bonchev–Trinajstić information content (AvgIpc) is 3.04. The van der Waals surface area contributed by atoms with Crippen LogP contribution in [0.3, 0.4) is 0 Å². The highest BCUT2D eigenvalue weighted by molar-refractivity contribution is 8.01. The lowest BCUT2D eigenvalue weighted by atomic mass is 9.90. The van der Waals surface area contributed by atoms with Crippen molar-refractivity contribution in [3.8, 4) is 0 Å². The fourth-order valence-electron chi connectivity index (χ4n) is 4.81. The molecule has 1 aromatic rings. The first-order valence-corrected chi connectivity index (χ1v) is 11.9. The van der Waals surface area contributed by atoms with E-state index in [0.29, 0.717) is 18.1 Å². The van der Waals surface area contributed by atoms with Crippen molar-refractivity contribution in [1.82, 2.24) is 10.2 Å². The van der Waals surface area contributed by atoms with Gasteiger partial charge in [0.1, 0.15) is 23.5 Å². The van der Waals surface area contributed by atoms with E-state index in [1.165, 1.54) is 31.0 Å². The molecule has 2 amide bonds. The second-order valence-corrected chi connectivity index (χ2v) is 11.0. The van der Waals surface area contributed by atoms with E-state index < -0.39 is 28.8 Å². The van der Waals surface area contributed by atoms with Crippen molar-refractivity contribution in [1.29, 1.82) is 0 Å². The number of nitrogens with one attached hydrogen (secondary N) is 1. The molecule has 0 bridgehead atoms. The smallest absolute Gasteiger partial charge is 0.330 e. The number of benzene rings is 1. The predicted octanol–water partition coefficient (Wildman–Crippen LogP) is 2.36. The monoisotopic (exact) mass is 445 g/mol. The molecule has 1 aromatic carbocycles. The van der Waals surface area contributed by atoms with E-state index in [9.17, 15) is 14.4 Å². The lowest BCUT2D eigenvalue weighted by Crippen LogP contribution is -2.71. The number of β-lactam (4-membered cyclic amide) rings is 1. The van der Waals surface area contributed by atoms with Gasteiger partial charge in [-0.15, -0.1) is 11.8 Å². The van der Waals surface area contributed by atoms with E-state index in [-0.39, 0.29) is 17.3 Å². The Morgan fingerprint density at radius 1 is 1.23 bits per heavy atom. The summed E-state index contributed by atoms with van der Waals surface area (Å²) < 4.78 is 5.17. The number of nitrogens with zero attached hydrogens (tertiary/aromatic N) is 1. The van der Waals surface area contributed by atoms with Crippen LogP contribution in [0.1, 0.15) is 57.6 Å². The quantitative estimate of drug-likeness (QED) is 0.515. The fraction of sp³-hybridized carbons (Fsp3) is 0.609. The Hall–Kier alpha value is -2.06. The molecule has 0 radical (unpaired) electrons. The lowest BCUT2D eigenvalue weighted by molar-refractivity contribution is -0.165. The van der Waals surface area contributed by atoms with Gasteiger partial charge in [0.2, 0.25) is 11.8 Å². The Balaban J connectivity index is 1.37. The second kappa shape index (κ2) is 8.82. The van der Waals surface area contributed by atoms with Gasteiger partial charge in [-0.3, -0.25) is 9.59 Å². The summed E-state index contributed by atoms with van der Waals surface area (Å²) in [4.78, 5) is 40.0. The number of hydrogen-bond donors (Lipinski definition) is 2. The van der Waals surface area contributed by atoms with Crippen LogP contribution in [0.4, 0.5) is 0 Å². The molecule has 8 heteroatoms. The number of fused-ring (bicyclic) bond motifs is 1. The van der Waals surface area contributed by atoms with Gasteiger partial charge < -0.3 is 20.7 Å². The molecule has 3 N–H and O–H groups in total. The third-order valence-electron chi connectivity index (χ3n) is 6.59. The van der Waals surface area contributed by atoms with Crippen LogP contribution < -0.4 is 11.1 Å². The number of carbonyl (C=O) groups excluding carboxylic acids is 3. The number of carbonyl (C=O) groups is 3. The summed E-state index contributed by atoms with van der Waals surface area (Å²) in [7, 11) is 0. The summed E-state index contributed by atoms with van der Waals surface area (Å²) in [6.45, 7) is 4.32. The molecule has 0 spiro atoms. The topological polar surface area (TPSA) is 102 Å². The van der Waals surface area contributed by atoms with Crippen LogP contribution in [0.15, 0.2) is 30.3 Å². The van der Waals surface area contributed by atoms with Gasteiger partial charge >= 0.3 is 5.97 Å². The van der Waals surface area contributed by atoms with Crippen molar-refractivity contribution >= 4 is 29.5 Å². The SMILES string of the molecule is CC1(C)S[C@@H]2[C@H](NC(=O)C(N)c3ccccc3)C(=O)N2[C@H]1C(=O)OCC1CCCCC1. The maximum Gasteiger partial charge on any atom is 0.330 e. The number of ether oxygens (including phenoxy) is 1. The maximum atomic E-state index is 12.9. The van der Waals surface area contributed by atoms with Gasteiger partial charge in [0.25, 0.3) is 0 Å². The third kappa shape index (κ3) is 4.32. The molecule has 168 valence electrons. The Bertz CT molecular complexity index is 840. The van der Waals surface area contributed by atoms with Crippen molar-refractivity contribution < 1.29 is 19.1 Å². The maximum absolute atomic E-state index is 12.9. The largest absolute Gasteiger partial charge is 0.464 e. The van der Waals surface area contributed by atoms with E-state index in [0.717, 1.165) is 12.8 Å². The van der Waals surface area contributed by atoms with Crippen LogP contribution in [-0.4, -0.2) is 51.5 Å². The molecule has 7 nitrogen and oxygen atoms in total. The van der Waals surface area contributed by atoms with Gasteiger partial charge in [0, 0.05) is 4.75 Å². The number of esters is 1. The molecule has 3 fully saturated rings. The van der Waals surface area contributed by atoms with E-state index in [2.05, 4.69) is 5.32 Å². The van der Waals surface area contributed by atoms with Crippen molar-refractivity contribution in [3.63, 3.8) is 0 Å². The van der Waals surface area contributed by atoms with Crippen molar-refractivity contribution in [2.75, 3.05) is 6.61 Å². The zero-order valence-corrected chi connectivity index (χ0v) is 18.9. The van der Waals surface area contributed by atoms with E-state index >= 15 is 0 Å². The first-order chi connectivity index (χ1) is 14.8. The molecule has 4 atom stereocenters. The van der Waals surface area contributed by atoms with Crippen LogP contribution >= 0.6 is 11.8 Å². The molecule has 2 heterocycles. The number of thioether (sulfide) groups is 1. The van der Waals surface area contributed by atoms with Gasteiger partial charge in [-0.2, -0.15) is 0 Å². The van der Waals surface area contributed by atoms with Crippen LogP contribution in [-0.2, 0) is 19.1 Å². The molecule has 31 heavy (non-hydrogen) atoms. The average molecular weight is 446 g/mol. The van der Waals surface area contributed by atoms with Gasteiger partial charge in [-0.1, -0.05) is 49.6 Å². The Kier molecular flexibility index (Phi) is 6.30. The molecular weight excluding hydrogens is 414 g/mol. The highest BCUT2D eigenvalue weighted by Gasteiger charge is 2.64. The molecule has 1 aliphatic carbocycles. The van der Waals surface area contributed by atoms with Gasteiger partial charge in [0.05, 0.1) is 6.61 Å². The van der Waals surface area contributed by atoms with Crippen molar-refractivity contribution in [2.45, 2.75) is 74.2 Å². The minimum absolute atomic E-state index is 0.253. The Labute approximate surface area is 187 Å². The molecule has 1 unspecified atom stereocenters. The molecule has 4 rings (SSSR count). The summed E-state index contributed by atoms with van der Waals surface area (Å²) in [5.41, 5.74) is 6.76. The van der Waals surface area contributed by atoms with Crippen LogP contribution in [0, 0.1) is 5.92 Å². The van der Waals surface area contributed by atoms with Crippen molar-refractivity contribution in [2.24, 2.45) is 11.7 Å². The predicted molar refractivity (Wildman–Crippen MR) is 119 cm³/mol. The molecule has 0 aromatic heterocycles. The molecular formula is C23H31N3O4S. The zero-order chi connectivity index (χ0) is 22.2. The molecule has 1 saturated carbocycles. The number of nitrogens with two attached hydrogens (primary N) is 1. The molecule has 2 saturated heterocycles. The van der Waals surface area contributed by atoms with E-state index in [1.54, 1.807) is 17.0 Å². The minimum atomic E-state index is -0.848. The minimum Gasteiger partial charge on any atom is -0.464 e. The van der Waals surface area contributed by atoms with Gasteiger partial charge in [0.15, 0.2) is 0 Å². The summed E-state index contributed by atoms with van der Waals surface area (Å²) >= 11 is 1.53. The highest BCUT2D eigenvalue weighted by atomic mass is 32.2. The Morgan fingerprint density at radius 2 is 1.90 bits per heavy atom. The first kappa shape index (κ1) is 22.1. The summed E-state index contributed by atoms with van der Waals surface area (Å²) in [5.74, 6) is -0.573. The van der Waals surface area contributed by atoms with Gasteiger partial charge in [-0.05, 0) is 38.2 Å². The summed E-state index contributed by atoms with van der Waals surface area (Å²) in [6, 6.07) is 6.88. The molecule has 3 aliphatic rings. The van der Waals surface area contributed by atoms with E-state index in [1.807, 2.05) is 32.0 Å². The van der Waals surface area contributed by atoms with E-state index in [4.69, 9.17) is 10.5 Å². The summed E-state index contributed by atoms with van der Waals surface area (Å²) in [5, 5.41) is 2.50. The van der Waals surface area contributed by atoms with Gasteiger partial charge in [-0.25, -0.2) is 4.79 Å². The first-order valence-electron chi connectivity index (χ1n) is 11.1. The third-order valence-corrected chi connectivity index (χ3v) is 8.16. The normalized spacial score (nSPS) is 28.4. The second-order valence-electron chi connectivity index (χ2n) is 9.27. The van der Waals surface area contributed by atoms with Crippen molar-refractivity contribution in [3.05, 3.63) is 35.9 Å². The number of amides is 2.